The number of hydrogen-bond acceptors (Lipinski definition) is 1. The summed E-state index contributed by atoms with van der Waals surface area (Å²) >= 11 is 0. The second-order valence-electron chi connectivity index (χ2n) is 4.59. The monoisotopic (exact) mass is 179 g/mol. The molecular formula is C12H21N. The molecule has 0 amide bonds. The lowest BCUT2D eigenvalue weighted by atomic mass is 9.75. The standard InChI is InChI=1S/C12H21N/c1-10-12(8-5-9-13-10)11-6-3-2-4-7-11/h2-3,10-13H,4-9H2,1H3. The van der Waals surface area contributed by atoms with Crippen LogP contribution in [0.15, 0.2) is 12.2 Å². The van der Waals surface area contributed by atoms with Gasteiger partial charge in [0.25, 0.3) is 0 Å². The lowest BCUT2D eigenvalue weighted by molar-refractivity contribution is 0.196. The van der Waals surface area contributed by atoms with Crippen LogP contribution in [0.1, 0.15) is 39.0 Å². The third kappa shape index (κ3) is 2.14. The molecule has 0 aromatic rings. The third-order valence-electron chi connectivity index (χ3n) is 3.74. The van der Waals surface area contributed by atoms with E-state index in [-0.39, 0.29) is 0 Å². The molecule has 0 saturated carbocycles. The van der Waals surface area contributed by atoms with E-state index in [2.05, 4.69) is 24.4 Å². The van der Waals surface area contributed by atoms with Gasteiger partial charge in [0, 0.05) is 6.04 Å². The molecule has 1 nitrogen and oxygen atoms in total. The molecule has 0 aromatic carbocycles. The summed E-state index contributed by atoms with van der Waals surface area (Å²) in [5.41, 5.74) is 0. The van der Waals surface area contributed by atoms with Crippen LogP contribution in [0.4, 0.5) is 0 Å². The Morgan fingerprint density at radius 1 is 1.23 bits per heavy atom. The molecule has 0 spiro atoms. The van der Waals surface area contributed by atoms with E-state index < -0.39 is 0 Å². The zero-order valence-electron chi connectivity index (χ0n) is 8.63. The van der Waals surface area contributed by atoms with E-state index in [4.69, 9.17) is 0 Å². The van der Waals surface area contributed by atoms with Gasteiger partial charge in [-0.2, -0.15) is 0 Å². The topological polar surface area (TPSA) is 12.0 Å². The second kappa shape index (κ2) is 4.28. The van der Waals surface area contributed by atoms with Gasteiger partial charge in [0.2, 0.25) is 0 Å². The van der Waals surface area contributed by atoms with Crippen molar-refractivity contribution in [2.75, 3.05) is 6.54 Å². The van der Waals surface area contributed by atoms with Gasteiger partial charge in [0.05, 0.1) is 0 Å². The first-order valence-corrected chi connectivity index (χ1v) is 5.76. The highest BCUT2D eigenvalue weighted by Crippen LogP contribution is 2.32. The SMILES string of the molecule is CC1NCCCC1C1CC=CCC1. The van der Waals surface area contributed by atoms with Crippen LogP contribution >= 0.6 is 0 Å². The van der Waals surface area contributed by atoms with E-state index in [0.717, 1.165) is 17.9 Å². The van der Waals surface area contributed by atoms with E-state index in [0.29, 0.717) is 0 Å². The molecule has 1 N–H and O–H groups in total. The summed E-state index contributed by atoms with van der Waals surface area (Å²) in [5.74, 6) is 1.91. The fourth-order valence-corrected chi connectivity index (χ4v) is 2.92. The lowest BCUT2D eigenvalue weighted by Gasteiger charge is -2.36. The summed E-state index contributed by atoms with van der Waals surface area (Å²) in [7, 11) is 0. The van der Waals surface area contributed by atoms with Gasteiger partial charge in [-0.15, -0.1) is 0 Å². The number of rotatable bonds is 1. The van der Waals surface area contributed by atoms with E-state index in [1.807, 2.05) is 0 Å². The quantitative estimate of drug-likeness (QED) is 0.610. The van der Waals surface area contributed by atoms with Crippen LogP contribution in [0.5, 0.6) is 0 Å². The molecule has 1 aliphatic heterocycles. The Balaban J connectivity index is 1.93. The predicted molar refractivity (Wildman–Crippen MR) is 56.7 cm³/mol. The molecule has 74 valence electrons. The Morgan fingerprint density at radius 3 is 2.85 bits per heavy atom. The molecule has 2 rings (SSSR count). The van der Waals surface area contributed by atoms with Gasteiger partial charge in [0.15, 0.2) is 0 Å². The molecule has 3 unspecified atom stereocenters. The van der Waals surface area contributed by atoms with Crippen molar-refractivity contribution in [3.63, 3.8) is 0 Å². The first-order valence-electron chi connectivity index (χ1n) is 5.76. The molecule has 0 aromatic heterocycles. The molecule has 2 aliphatic rings. The first-order chi connectivity index (χ1) is 6.38. The smallest absolute Gasteiger partial charge is 0.00697 e. The Hall–Kier alpha value is -0.300. The fourth-order valence-electron chi connectivity index (χ4n) is 2.92. The summed E-state index contributed by atoms with van der Waals surface area (Å²) in [5, 5.41) is 3.61. The van der Waals surface area contributed by atoms with Gasteiger partial charge in [-0.3, -0.25) is 0 Å². The summed E-state index contributed by atoms with van der Waals surface area (Å²) in [6, 6.07) is 0.755. The molecular weight excluding hydrogens is 158 g/mol. The zero-order chi connectivity index (χ0) is 9.10. The maximum absolute atomic E-state index is 3.61. The van der Waals surface area contributed by atoms with Crippen molar-refractivity contribution in [1.82, 2.24) is 5.32 Å². The number of hydrogen-bond donors (Lipinski definition) is 1. The lowest BCUT2D eigenvalue weighted by Crippen LogP contribution is -2.42. The van der Waals surface area contributed by atoms with Crippen molar-refractivity contribution < 1.29 is 0 Å². The minimum atomic E-state index is 0.755. The van der Waals surface area contributed by atoms with Crippen molar-refractivity contribution in [1.29, 1.82) is 0 Å². The Kier molecular flexibility index (Phi) is 3.05. The largest absolute Gasteiger partial charge is 0.314 e. The number of nitrogens with one attached hydrogen (secondary N) is 1. The van der Waals surface area contributed by atoms with E-state index in [9.17, 15) is 0 Å². The Bertz CT molecular complexity index is 186. The molecule has 1 fully saturated rings. The molecule has 3 atom stereocenters. The molecule has 1 saturated heterocycles. The number of piperidine rings is 1. The molecule has 1 aliphatic carbocycles. The highest BCUT2D eigenvalue weighted by molar-refractivity contribution is 4.94. The summed E-state index contributed by atoms with van der Waals surface area (Å²) in [6.45, 7) is 3.60. The fraction of sp³-hybridized carbons (Fsp3) is 0.833. The van der Waals surface area contributed by atoms with Crippen LogP contribution in [-0.4, -0.2) is 12.6 Å². The van der Waals surface area contributed by atoms with Gasteiger partial charge >= 0.3 is 0 Å². The minimum absolute atomic E-state index is 0.755. The number of allylic oxidation sites excluding steroid dienone is 2. The van der Waals surface area contributed by atoms with Crippen molar-refractivity contribution in [2.24, 2.45) is 11.8 Å². The van der Waals surface area contributed by atoms with Crippen molar-refractivity contribution in [2.45, 2.75) is 45.1 Å². The summed E-state index contributed by atoms with van der Waals surface area (Å²) in [6.07, 6.45) is 11.6. The van der Waals surface area contributed by atoms with Crippen LogP contribution < -0.4 is 5.32 Å². The zero-order valence-corrected chi connectivity index (χ0v) is 8.63. The van der Waals surface area contributed by atoms with E-state index in [1.165, 1.54) is 38.6 Å². The van der Waals surface area contributed by atoms with Crippen LogP contribution in [0.25, 0.3) is 0 Å². The second-order valence-corrected chi connectivity index (χ2v) is 4.59. The van der Waals surface area contributed by atoms with Gasteiger partial charge in [-0.1, -0.05) is 12.2 Å². The van der Waals surface area contributed by atoms with Crippen molar-refractivity contribution in [3.8, 4) is 0 Å². The predicted octanol–water partition coefficient (Wildman–Crippen LogP) is 2.73. The Labute approximate surface area is 81.6 Å². The van der Waals surface area contributed by atoms with Crippen LogP contribution in [0.2, 0.25) is 0 Å². The molecule has 1 heteroatoms. The van der Waals surface area contributed by atoms with E-state index >= 15 is 0 Å². The molecule has 0 bridgehead atoms. The highest BCUT2D eigenvalue weighted by Gasteiger charge is 2.28. The molecule has 1 heterocycles. The van der Waals surface area contributed by atoms with Crippen LogP contribution in [0, 0.1) is 11.8 Å². The van der Waals surface area contributed by atoms with Crippen molar-refractivity contribution in [3.05, 3.63) is 12.2 Å². The summed E-state index contributed by atoms with van der Waals surface area (Å²) in [4.78, 5) is 0. The van der Waals surface area contributed by atoms with Crippen LogP contribution in [-0.2, 0) is 0 Å². The van der Waals surface area contributed by atoms with E-state index in [1.54, 1.807) is 0 Å². The van der Waals surface area contributed by atoms with Crippen LogP contribution in [0.3, 0.4) is 0 Å². The third-order valence-corrected chi connectivity index (χ3v) is 3.74. The normalized spacial score (nSPS) is 40.5. The van der Waals surface area contributed by atoms with Gasteiger partial charge < -0.3 is 5.32 Å². The van der Waals surface area contributed by atoms with Crippen molar-refractivity contribution >= 4 is 0 Å². The highest BCUT2D eigenvalue weighted by atomic mass is 14.9. The minimum Gasteiger partial charge on any atom is -0.314 e. The first kappa shape index (κ1) is 9.26. The average molecular weight is 179 g/mol. The summed E-state index contributed by atoms with van der Waals surface area (Å²) < 4.78 is 0. The molecule has 13 heavy (non-hydrogen) atoms. The van der Waals surface area contributed by atoms with Gasteiger partial charge in [0.1, 0.15) is 0 Å². The maximum atomic E-state index is 3.61. The Morgan fingerprint density at radius 2 is 2.15 bits per heavy atom. The average Bonchev–Trinajstić information content (AvgIpc) is 2.20. The maximum Gasteiger partial charge on any atom is 0.00697 e. The van der Waals surface area contributed by atoms with Gasteiger partial charge in [-0.25, -0.2) is 0 Å². The van der Waals surface area contributed by atoms with Gasteiger partial charge in [-0.05, 0) is 57.4 Å². The molecule has 0 radical (unpaired) electrons.